The molecule has 0 radical (unpaired) electrons. The number of hydrogen-bond acceptors (Lipinski definition) is 4. The Labute approximate surface area is 265 Å². The molecule has 1 atom stereocenters. The number of benzene rings is 3. The number of aryl methyl sites for hydroxylation is 2. The predicted molar refractivity (Wildman–Crippen MR) is 175 cm³/mol. The molecule has 0 aliphatic carbocycles. The van der Waals surface area contributed by atoms with Crippen LogP contribution in [0.3, 0.4) is 0 Å². The fourth-order valence-corrected chi connectivity index (χ4v) is 5.97. The summed E-state index contributed by atoms with van der Waals surface area (Å²) in [6.07, 6.45) is 0.208. The first kappa shape index (κ1) is 34.4. The topological polar surface area (TPSA) is 90.0 Å². The Morgan fingerprint density at radius 1 is 0.884 bits per heavy atom. The third-order valence-corrected chi connectivity index (χ3v) is 9.30. The summed E-state index contributed by atoms with van der Waals surface area (Å²) in [6, 6.07) is 18.8. The van der Waals surface area contributed by atoms with Crippen LogP contribution in [-0.4, -0.2) is 61.7 Å². The van der Waals surface area contributed by atoms with Crippen molar-refractivity contribution >= 4 is 50.9 Å². The van der Waals surface area contributed by atoms with Crippen molar-refractivity contribution in [3.8, 4) is 0 Å². The van der Waals surface area contributed by atoms with Gasteiger partial charge in [-0.1, -0.05) is 71.7 Å². The minimum Gasteiger partial charge on any atom is -0.350 e. The summed E-state index contributed by atoms with van der Waals surface area (Å²) >= 11 is 12.5. The van der Waals surface area contributed by atoms with Gasteiger partial charge in [0.1, 0.15) is 12.6 Å². The number of carbonyl (C=O) groups is 2. The monoisotopic (exact) mass is 646 g/mol. The maximum atomic E-state index is 14.4. The van der Waals surface area contributed by atoms with Crippen LogP contribution < -0.4 is 9.62 Å². The average molecular weight is 648 g/mol. The quantitative estimate of drug-likeness (QED) is 0.286. The van der Waals surface area contributed by atoms with Crippen molar-refractivity contribution in [3.63, 3.8) is 0 Å². The summed E-state index contributed by atoms with van der Waals surface area (Å²) in [5.74, 6) is -0.916. The van der Waals surface area contributed by atoms with Gasteiger partial charge >= 0.3 is 10.2 Å². The van der Waals surface area contributed by atoms with Crippen LogP contribution in [0.2, 0.25) is 10.0 Å². The van der Waals surface area contributed by atoms with Gasteiger partial charge in [0.25, 0.3) is 0 Å². The van der Waals surface area contributed by atoms with Crippen LogP contribution in [0.5, 0.6) is 0 Å². The van der Waals surface area contributed by atoms with Crippen LogP contribution in [0.4, 0.5) is 5.69 Å². The predicted octanol–water partition coefficient (Wildman–Crippen LogP) is 5.78. The highest BCUT2D eigenvalue weighted by molar-refractivity contribution is 7.90. The lowest BCUT2D eigenvalue weighted by Crippen LogP contribution is -2.56. The second-order valence-corrected chi connectivity index (χ2v) is 14.7. The number of hydrogen-bond donors (Lipinski definition) is 1. The Balaban J connectivity index is 2.17. The number of anilines is 1. The van der Waals surface area contributed by atoms with Gasteiger partial charge in [-0.25, -0.2) is 4.31 Å². The summed E-state index contributed by atoms with van der Waals surface area (Å²) in [5, 5.41) is 3.67. The molecule has 0 saturated carbocycles. The van der Waals surface area contributed by atoms with E-state index in [2.05, 4.69) is 5.32 Å². The molecule has 0 aliphatic heterocycles. The fraction of sp³-hybridized carbons (Fsp3) is 0.375. The van der Waals surface area contributed by atoms with E-state index in [-0.39, 0.29) is 18.9 Å². The Morgan fingerprint density at radius 2 is 1.53 bits per heavy atom. The molecule has 232 valence electrons. The molecule has 43 heavy (non-hydrogen) atoms. The second-order valence-electron chi connectivity index (χ2n) is 11.8. The molecule has 0 spiro atoms. The third kappa shape index (κ3) is 9.19. The molecule has 3 rings (SSSR count). The highest BCUT2D eigenvalue weighted by atomic mass is 35.5. The summed E-state index contributed by atoms with van der Waals surface area (Å²) in [5.41, 5.74) is 2.81. The van der Waals surface area contributed by atoms with Crippen LogP contribution in [0.25, 0.3) is 0 Å². The molecule has 1 N–H and O–H groups in total. The van der Waals surface area contributed by atoms with Crippen molar-refractivity contribution in [2.75, 3.05) is 24.9 Å². The average Bonchev–Trinajstić information content (AvgIpc) is 2.92. The highest BCUT2D eigenvalue weighted by Gasteiger charge is 2.36. The van der Waals surface area contributed by atoms with Gasteiger partial charge in [0.05, 0.1) is 15.7 Å². The van der Waals surface area contributed by atoms with E-state index in [1.165, 1.54) is 19.0 Å². The largest absolute Gasteiger partial charge is 0.350 e. The van der Waals surface area contributed by atoms with E-state index < -0.39 is 34.2 Å². The van der Waals surface area contributed by atoms with E-state index in [0.29, 0.717) is 26.9 Å². The van der Waals surface area contributed by atoms with Gasteiger partial charge in [-0.05, 0) is 75.1 Å². The molecule has 3 aromatic rings. The van der Waals surface area contributed by atoms with Crippen LogP contribution in [-0.2, 0) is 32.8 Å². The van der Waals surface area contributed by atoms with Gasteiger partial charge in [0.15, 0.2) is 0 Å². The van der Waals surface area contributed by atoms with Gasteiger partial charge < -0.3 is 10.2 Å². The molecule has 11 heteroatoms. The Hall–Kier alpha value is -3.11. The van der Waals surface area contributed by atoms with Crippen LogP contribution in [0.15, 0.2) is 66.7 Å². The lowest BCUT2D eigenvalue weighted by Gasteiger charge is -2.36. The fourth-order valence-electron chi connectivity index (χ4n) is 4.53. The maximum absolute atomic E-state index is 14.4. The molecular weight excluding hydrogens is 607 g/mol. The van der Waals surface area contributed by atoms with Gasteiger partial charge in [-0.15, -0.1) is 0 Å². The van der Waals surface area contributed by atoms with E-state index in [9.17, 15) is 18.0 Å². The minimum atomic E-state index is -4.10. The molecule has 0 heterocycles. The zero-order valence-electron chi connectivity index (χ0n) is 25.7. The number of nitrogens with zero attached hydrogens (tertiary/aromatic N) is 3. The Kier molecular flexibility index (Phi) is 11.3. The standard InChI is InChI=1S/C32H40Cl2N4O4S/c1-22-13-14-23(2)28(17-22)38(43(41,42)36(6)7)21-30(39)37(20-25-15-16-26(33)27(34)18-25)29(31(40)35-32(3,4)5)19-24-11-9-8-10-12-24/h8-18,29H,19-21H2,1-7H3,(H,35,40). The molecule has 0 aromatic heterocycles. The SMILES string of the molecule is Cc1ccc(C)c(N(CC(=O)N(Cc2ccc(Cl)c(Cl)c2)C(Cc2ccccc2)C(=O)NC(C)(C)C)S(=O)(=O)N(C)C)c1. The van der Waals surface area contributed by atoms with Gasteiger partial charge in [0.2, 0.25) is 11.8 Å². The van der Waals surface area contributed by atoms with E-state index in [0.717, 1.165) is 19.7 Å². The zero-order valence-corrected chi connectivity index (χ0v) is 28.0. The number of amides is 2. The number of nitrogens with one attached hydrogen (secondary N) is 1. The summed E-state index contributed by atoms with van der Waals surface area (Å²) in [7, 11) is -1.26. The normalized spacial score (nSPS) is 12.6. The number of rotatable bonds is 11. The van der Waals surface area contributed by atoms with Crippen molar-refractivity contribution in [1.82, 2.24) is 14.5 Å². The first-order chi connectivity index (χ1) is 20.0. The number of carbonyl (C=O) groups excluding carboxylic acids is 2. The molecular formula is C32H40Cl2N4O4S. The molecule has 1 unspecified atom stereocenters. The van der Waals surface area contributed by atoms with Crippen LogP contribution >= 0.6 is 23.2 Å². The van der Waals surface area contributed by atoms with Crippen molar-refractivity contribution in [2.24, 2.45) is 0 Å². The molecule has 0 aliphatic rings. The zero-order chi connectivity index (χ0) is 32.1. The molecule has 0 fully saturated rings. The van der Waals surface area contributed by atoms with E-state index in [4.69, 9.17) is 23.2 Å². The Bertz CT molecular complexity index is 1560. The summed E-state index contributed by atoms with van der Waals surface area (Å²) < 4.78 is 29.5. The first-order valence-electron chi connectivity index (χ1n) is 13.9. The van der Waals surface area contributed by atoms with Gasteiger partial charge in [-0.3, -0.25) is 9.59 Å². The molecule has 0 saturated heterocycles. The van der Waals surface area contributed by atoms with E-state index in [1.807, 2.05) is 70.2 Å². The van der Waals surface area contributed by atoms with Crippen LogP contribution in [0, 0.1) is 13.8 Å². The number of halogens is 2. The van der Waals surface area contributed by atoms with E-state index in [1.54, 1.807) is 31.2 Å². The van der Waals surface area contributed by atoms with Crippen molar-refractivity contribution < 1.29 is 18.0 Å². The summed E-state index contributed by atoms with van der Waals surface area (Å²) in [4.78, 5) is 29.7. The van der Waals surface area contributed by atoms with Crippen LogP contribution in [0.1, 0.15) is 43.0 Å². The lowest BCUT2D eigenvalue weighted by atomic mass is 10.0. The maximum Gasteiger partial charge on any atom is 0.304 e. The smallest absolute Gasteiger partial charge is 0.304 e. The van der Waals surface area contributed by atoms with Crippen molar-refractivity contribution in [2.45, 2.75) is 59.2 Å². The van der Waals surface area contributed by atoms with E-state index >= 15 is 0 Å². The molecule has 3 aromatic carbocycles. The second kappa shape index (κ2) is 14.1. The lowest BCUT2D eigenvalue weighted by molar-refractivity contribution is -0.140. The van der Waals surface area contributed by atoms with Crippen molar-refractivity contribution in [3.05, 3.63) is 99.0 Å². The van der Waals surface area contributed by atoms with Gasteiger partial charge in [-0.2, -0.15) is 12.7 Å². The molecule has 2 amide bonds. The molecule has 8 nitrogen and oxygen atoms in total. The highest BCUT2D eigenvalue weighted by Crippen LogP contribution is 2.28. The first-order valence-corrected chi connectivity index (χ1v) is 16.0. The van der Waals surface area contributed by atoms with Gasteiger partial charge in [0, 0.05) is 32.6 Å². The summed E-state index contributed by atoms with van der Waals surface area (Å²) in [6.45, 7) is 8.70. The Morgan fingerprint density at radius 3 is 2.12 bits per heavy atom. The minimum absolute atomic E-state index is 0.00651. The third-order valence-electron chi connectivity index (χ3n) is 6.76. The van der Waals surface area contributed by atoms with Crippen molar-refractivity contribution in [1.29, 1.82) is 0 Å². The molecule has 0 bridgehead atoms.